The van der Waals surface area contributed by atoms with Crippen LogP contribution < -0.4 is 5.32 Å². The summed E-state index contributed by atoms with van der Waals surface area (Å²) in [7, 11) is 0. The van der Waals surface area contributed by atoms with E-state index in [9.17, 15) is 10.2 Å². The van der Waals surface area contributed by atoms with Crippen molar-refractivity contribution in [1.82, 2.24) is 5.32 Å². The van der Waals surface area contributed by atoms with Gasteiger partial charge in [0.15, 0.2) is 0 Å². The highest BCUT2D eigenvalue weighted by Gasteiger charge is 2.17. The third-order valence-electron chi connectivity index (χ3n) is 3.46. The quantitative estimate of drug-likeness (QED) is 0.781. The van der Waals surface area contributed by atoms with Gasteiger partial charge in [0, 0.05) is 17.1 Å². The van der Waals surface area contributed by atoms with E-state index in [0.29, 0.717) is 5.56 Å². The Hall–Kier alpha value is -1.71. The number of benzene rings is 2. The summed E-state index contributed by atoms with van der Waals surface area (Å²) >= 11 is 5.98. The summed E-state index contributed by atoms with van der Waals surface area (Å²) in [6.45, 7) is 3.98. The molecule has 2 aromatic carbocycles. The maximum atomic E-state index is 9.88. The molecule has 2 unspecified atom stereocenters. The number of halogens is 1. The van der Waals surface area contributed by atoms with E-state index in [0.717, 1.165) is 17.0 Å². The molecule has 2 rings (SSSR count). The van der Waals surface area contributed by atoms with Gasteiger partial charge in [0.05, 0.1) is 5.56 Å². The van der Waals surface area contributed by atoms with Crippen molar-refractivity contribution < 1.29 is 10.2 Å². The minimum absolute atomic E-state index is 0.102. The summed E-state index contributed by atoms with van der Waals surface area (Å²) in [5.74, 6) is 0.204. The van der Waals surface area contributed by atoms with Gasteiger partial charge in [0.2, 0.25) is 0 Å². The molecule has 4 heteroatoms. The Labute approximate surface area is 130 Å². The van der Waals surface area contributed by atoms with E-state index in [1.165, 1.54) is 0 Å². The lowest BCUT2D eigenvalue weighted by Crippen LogP contribution is -2.30. The fraction of sp³-hybridized carbons (Fsp3) is 0.294. The highest BCUT2D eigenvalue weighted by Crippen LogP contribution is 2.32. The molecule has 3 N–H and O–H groups in total. The Morgan fingerprint density at radius 2 is 1.67 bits per heavy atom. The van der Waals surface area contributed by atoms with Crippen LogP contribution in [0.5, 0.6) is 11.5 Å². The molecule has 0 radical (unpaired) electrons. The van der Waals surface area contributed by atoms with E-state index >= 15 is 0 Å². The summed E-state index contributed by atoms with van der Waals surface area (Å²) in [5.41, 5.74) is 1.67. The van der Waals surface area contributed by atoms with Crippen LogP contribution in [0.15, 0.2) is 42.5 Å². The number of aromatic hydroxyl groups is 2. The van der Waals surface area contributed by atoms with Gasteiger partial charge < -0.3 is 15.5 Å². The SMILES string of the molecule is CC(Cc1cccc(Cl)c1)NC(C)c1c(O)cccc1O. The molecule has 0 aromatic heterocycles. The van der Waals surface area contributed by atoms with Gasteiger partial charge in [-0.2, -0.15) is 0 Å². The molecular formula is C17H20ClNO2. The number of phenolic OH excluding ortho intramolecular Hbond substituents is 2. The first-order valence-corrected chi connectivity index (χ1v) is 7.36. The summed E-state index contributed by atoms with van der Waals surface area (Å²) < 4.78 is 0. The van der Waals surface area contributed by atoms with E-state index in [1.807, 2.05) is 31.2 Å². The van der Waals surface area contributed by atoms with Crippen LogP contribution in [-0.4, -0.2) is 16.3 Å². The zero-order valence-electron chi connectivity index (χ0n) is 12.2. The van der Waals surface area contributed by atoms with Gasteiger partial charge >= 0.3 is 0 Å². The predicted octanol–water partition coefficient (Wildman–Crippen LogP) is 4.03. The third kappa shape index (κ3) is 4.13. The Balaban J connectivity index is 2.04. The maximum absolute atomic E-state index is 9.88. The monoisotopic (exact) mass is 305 g/mol. The minimum Gasteiger partial charge on any atom is -0.507 e. The lowest BCUT2D eigenvalue weighted by molar-refractivity contribution is 0.404. The number of hydrogen-bond acceptors (Lipinski definition) is 3. The predicted molar refractivity (Wildman–Crippen MR) is 85.9 cm³/mol. The standard InChI is InChI=1S/C17H20ClNO2/c1-11(9-13-5-3-6-14(18)10-13)19-12(2)17-15(20)7-4-8-16(17)21/h3-8,10-12,19-21H,9H2,1-2H3. The second kappa shape index (κ2) is 6.83. The van der Waals surface area contributed by atoms with E-state index in [4.69, 9.17) is 11.6 Å². The number of nitrogens with one attached hydrogen (secondary N) is 1. The second-order valence-corrected chi connectivity index (χ2v) is 5.77. The summed E-state index contributed by atoms with van der Waals surface area (Å²) in [4.78, 5) is 0. The van der Waals surface area contributed by atoms with Crippen molar-refractivity contribution in [3.63, 3.8) is 0 Å². The molecule has 2 aromatic rings. The van der Waals surface area contributed by atoms with Gasteiger partial charge in [-0.15, -0.1) is 0 Å². The molecule has 3 nitrogen and oxygen atoms in total. The van der Waals surface area contributed by atoms with Gasteiger partial charge in [-0.25, -0.2) is 0 Å². The molecule has 0 spiro atoms. The second-order valence-electron chi connectivity index (χ2n) is 5.33. The largest absolute Gasteiger partial charge is 0.507 e. The Kier molecular flexibility index (Phi) is 5.10. The van der Waals surface area contributed by atoms with Crippen LogP contribution in [0, 0.1) is 0 Å². The Bertz CT molecular complexity index is 595. The van der Waals surface area contributed by atoms with E-state index in [-0.39, 0.29) is 23.6 Å². The molecule has 0 saturated heterocycles. The van der Waals surface area contributed by atoms with E-state index in [2.05, 4.69) is 12.2 Å². The molecule has 0 heterocycles. The molecule has 2 atom stereocenters. The van der Waals surface area contributed by atoms with Crippen molar-refractivity contribution in [1.29, 1.82) is 0 Å². The molecule has 0 bridgehead atoms. The highest BCUT2D eigenvalue weighted by atomic mass is 35.5. The number of rotatable bonds is 5. The van der Waals surface area contributed by atoms with Gasteiger partial charge in [0.25, 0.3) is 0 Å². The molecule has 0 fully saturated rings. The van der Waals surface area contributed by atoms with Gasteiger partial charge in [-0.1, -0.05) is 29.8 Å². The number of phenols is 2. The van der Waals surface area contributed by atoms with Crippen LogP contribution >= 0.6 is 11.6 Å². The van der Waals surface area contributed by atoms with E-state index < -0.39 is 0 Å². The van der Waals surface area contributed by atoms with Crippen molar-refractivity contribution in [2.75, 3.05) is 0 Å². The molecule has 0 saturated carbocycles. The molecule has 21 heavy (non-hydrogen) atoms. The van der Waals surface area contributed by atoms with Crippen LogP contribution in [0.25, 0.3) is 0 Å². The van der Waals surface area contributed by atoms with Crippen molar-refractivity contribution >= 4 is 11.6 Å². The lowest BCUT2D eigenvalue weighted by atomic mass is 10.0. The van der Waals surface area contributed by atoms with Gasteiger partial charge in [-0.3, -0.25) is 0 Å². The van der Waals surface area contributed by atoms with Crippen molar-refractivity contribution in [2.24, 2.45) is 0 Å². The highest BCUT2D eigenvalue weighted by molar-refractivity contribution is 6.30. The van der Waals surface area contributed by atoms with Crippen LogP contribution in [0.3, 0.4) is 0 Å². The Morgan fingerprint density at radius 1 is 1.05 bits per heavy atom. The average molecular weight is 306 g/mol. The maximum Gasteiger partial charge on any atom is 0.124 e. The zero-order valence-corrected chi connectivity index (χ0v) is 12.9. The molecule has 0 aliphatic heterocycles. The first-order chi connectivity index (χ1) is 9.97. The Morgan fingerprint density at radius 3 is 2.29 bits per heavy atom. The molecule has 0 aliphatic carbocycles. The molecule has 112 valence electrons. The molecule has 0 amide bonds. The molecule has 0 aliphatic rings. The fourth-order valence-corrected chi connectivity index (χ4v) is 2.78. The van der Waals surface area contributed by atoms with Crippen molar-refractivity contribution in [3.05, 3.63) is 58.6 Å². The zero-order chi connectivity index (χ0) is 15.4. The van der Waals surface area contributed by atoms with Crippen molar-refractivity contribution in [2.45, 2.75) is 32.4 Å². The minimum atomic E-state index is -0.152. The normalized spacial score (nSPS) is 13.9. The number of hydrogen-bond donors (Lipinski definition) is 3. The van der Waals surface area contributed by atoms with Crippen LogP contribution in [0.1, 0.15) is 31.0 Å². The van der Waals surface area contributed by atoms with Gasteiger partial charge in [0.1, 0.15) is 11.5 Å². The summed E-state index contributed by atoms with van der Waals surface area (Å²) in [6, 6.07) is 12.6. The topological polar surface area (TPSA) is 52.5 Å². The summed E-state index contributed by atoms with van der Waals surface area (Å²) in [5, 5.41) is 23.9. The first-order valence-electron chi connectivity index (χ1n) is 6.98. The van der Waals surface area contributed by atoms with Crippen LogP contribution in [0.4, 0.5) is 0 Å². The average Bonchev–Trinajstić information content (AvgIpc) is 2.38. The third-order valence-corrected chi connectivity index (χ3v) is 3.69. The van der Waals surface area contributed by atoms with E-state index in [1.54, 1.807) is 18.2 Å². The summed E-state index contributed by atoms with van der Waals surface area (Å²) in [6.07, 6.45) is 0.819. The first kappa shape index (κ1) is 15.7. The fourth-order valence-electron chi connectivity index (χ4n) is 2.57. The van der Waals surface area contributed by atoms with Crippen LogP contribution in [-0.2, 0) is 6.42 Å². The van der Waals surface area contributed by atoms with Crippen molar-refractivity contribution in [3.8, 4) is 11.5 Å². The smallest absolute Gasteiger partial charge is 0.124 e. The molecular weight excluding hydrogens is 286 g/mol. The van der Waals surface area contributed by atoms with Crippen LogP contribution in [0.2, 0.25) is 5.02 Å². The lowest BCUT2D eigenvalue weighted by Gasteiger charge is -2.22. The van der Waals surface area contributed by atoms with Gasteiger partial charge in [-0.05, 0) is 50.1 Å².